The Balaban J connectivity index is 1.95. The number of rotatable bonds is 3. The van der Waals surface area contributed by atoms with Crippen LogP contribution in [-0.4, -0.2) is 29.9 Å². The van der Waals surface area contributed by atoms with Gasteiger partial charge in [0.1, 0.15) is 11.4 Å². The molecular formula is C16H15ClO4S. The van der Waals surface area contributed by atoms with Gasteiger partial charge in [-0.1, -0.05) is 23.4 Å². The Morgan fingerprint density at radius 3 is 2.59 bits per heavy atom. The SMILES string of the molecule is COC1Cc2c(ccc(C(=O)C3C(=O)CCCC3=O)c2Cl)S1. The lowest BCUT2D eigenvalue weighted by Gasteiger charge is -2.19. The maximum atomic E-state index is 12.6. The average molecular weight is 339 g/mol. The monoisotopic (exact) mass is 338 g/mol. The lowest BCUT2D eigenvalue weighted by molar-refractivity contribution is -0.133. The number of ketones is 3. The molecule has 2 aliphatic rings. The van der Waals surface area contributed by atoms with Crippen LogP contribution in [0.2, 0.25) is 5.02 Å². The van der Waals surface area contributed by atoms with Crippen molar-refractivity contribution < 1.29 is 19.1 Å². The molecule has 0 saturated heterocycles. The third-order valence-electron chi connectivity index (χ3n) is 4.11. The van der Waals surface area contributed by atoms with Gasteiger partial charge >= 0.3 is 0 Å². The first-order valence-corrected chi connectivity index (χ1v) is 8.39. The van der Waals surface area contributed by atoms with Crippen LogP contribution >= 0.6 is 23.4 Å². The van der Waals surface area contributed by atoms with Gasteiger partial charge < -0.3 is 4.74 Å². The van der Waals surface area contributed by atoms with Gasteiger partial charge in [-0.15, -0.1) is 0 Å². The van der Waals surface area contributed by atoms with Crippen LogP contribution in [0.5, 0.6) is 0 Å². The summed E-state index contributed by atoms with van der Waals surface area (Å²) in [5.41, 5.74) is 1.11. The fourth-order valence-corrected chi connectivity index (χ4v) is 4.42. The topological polar surface area (TPSA) is 60.4 Å². The van der Waals surface area contributed by atoms with E-state index in [2.05, 4.69) is 0 Å². The number of carbonyl (C=O) groups is 3. The van der Waals surface area contributed by atoms with Crippen LogP contribution in [0.15, 0.2) is 17.0 Å². The first kappa shape index (κ1) is 15.7. The largest absolute Gasteiger partial charge is 0.370 e. The van der Waals surface area contributed by atoms with E-state index >= 15 is 0 Å². The molecule has 1 saturated carbocycles. The number of hydrogen-bond donors (Lipinski definition) is 0. The number of ether oxygens (including phenoxy) is 1. The third-order valence-corrected chi connectivity index (χ3v) is 5.80. The molecule has 1 unspecified atom stereocenters. The van der Waals surface area contributed by atoms with Crippen LogP contribution in [0.25, 0.3) is 0 Å². The maximum Gasteiger partial charge on any atom is 0.182 e. The third kappa shape index (κ3) is 2.62. The molecule has 116 valence electrons. The minimum atomic E-state index is -1.17. The van der Waals surface area contributed by atoms with Crippen LogP contribution in [0.4, 0.5) is 0 Å². The molecule has 0 aromatic heterocycles. The molecule has 1 heterocycles. The second kappa shape index (κ2) is 6.14. The highest BCUT2D eigenvalue weighted by Gasteiger charge is 2.38. The van der Waals surface area contributed by atoms with Crippen molar-refractivity contribution in [3.05, 3.63) is 28.3 Å². The zero-order valence-electron chi connectivity index (χ0n) is 12.1. The van der Waals surface area contributed by atoms with Gasteiger partial charge in [0.2, 0.25) is 0 Å². The van der Waals surface area contributed by atoms with Crippen LogP contribution in [0.3, 0.4) is 0 Å². The van der Waals surface area contributed by atoms with E-state index in [0.29, 0.717) is 17.9 Å². The van der Waals surface area contributed by atoms with Crippen LogP contribution in [-0.2, 0) is 20.7 Å². The molecule has 1 aromatic carbocycles. The summed E-state index contributed by atoms with van der Waals surface area (Å²) in [6, 6.07) is 3.43. The normalized spacial score (nSPS) is 22.0. The Labute approximate surface area is 137 Å². The Bertz CT molecular complexity index is 654. The molecule has 4 nitrogen and oxygen atoms in total. The van der Waals surface area contributed by atoms with Crippen molar-refractivity contribution in [2.75, 3.05) is 7.11 Å². The first-order chi connectivity index (χ1) is 10.5. The number of fused-ring (bicyclic) bond motifs is 1. The number of hydrogen-bond acceptors (Lipinski definition) is 5. The van der Waals surface area contributed by atoms with Crippen molar-refractivity contribution in [2.24, 2.45) is 5.92 Å². The van der Waals surface area contributed by atoms with Gasteiger partial charge in [-0.05, 0) is 24.1 Å². The molecule has 3 rings (SSSR count). The van der Waals surface area contributed by atoms with Crippen molar-refractivity contribution in [3.63, 3.8) is 0 Å². The molecule has 0 spiro atoms. The zero-order chi connectivity index (χ0) is 15.9. The van der Waals surface area contributed by atoms with Gasteiger partial charge in [0.15, 0.2) is 17.3 Å². The molecule has 0 bridgehead atoms. The molecule has 1 aromatic rings. The predicted molar refractivity (Wildman–Crippen MR) is 83.5 cm³/mol. The molecule has 1 aliphatic carbocycles. The zero-order valence-corrected chi connectivity index (χ0v) is 13.6. The van der Waals surface area contributed by atoms with Crippen LogP contribution in [0, 0.1) is 5.92 Å². The molecule has 1 atom stereocenters. The highest BCUT2D eigenvalue weighted by molar-refractivity contribution is 8.00. The van der Waals surface area contributed by atoms with Gasteiger partial charge in [-0.3, -0.25) is 14.4 Å². The number of methoxy groups -OCH3 is 1. The highest BCUT2D eigenvalue weighted by atomic mass is 35.5. The van der Waals surface area contributed by atoms with Crippen LogP contribution in [0.1, 0.15) is 35.2 Å². The predicted octanol–water partition coefficient (Wildman–Crippen LogP) is 3.08. The second-order valence-electron chi connectivity index (χ2n) is 5.47. The standard InChI is InChI=1S/C16H15ClO4S/c1-21-13-7-9-12(22-13)6-5-8(15(9)17)16(20)14-10(18)3-2-4-11(14)19/h5-6,13-14H,2-4,7H2,1H3. The van der Waals surface area contributed by atoms with E-state index < -0.39 is 11.7 Å². The van der Waals surface area contributed by atoms with Gasteiger partial charge in [0.05, 0.1) is 5.02 Å². The van der Waals surface area contributed by atoms with E-state index in [9.17, 15) is 14.4 Å². The molecule has 22 heavy (non-hydrogen) atoms. The maximum absolute atomic E-state index is 12.6. The highest BCUT2D eigenvalue weighted by Crippen LogP contribution is 2.42. The van der Waals surface area contributed by atoms with Gasteiger partial charge in [0.25, 0.3) is 0 Å². The fraction of sp³-hybridized carbons (Fsp3) is 0.438. The summed E-state index contributed by atoms with van der Waals surface area (Å²) < 4.78 is 5.31. The molecular weight excluding hydrogens is 324 g/mol. The summed E-state index contributed by atoms with van der Waals surface area (Å²) >= 11 is 7.93. The van der Waals surface area contributed by atoms with Crippen molar-refractivity contribution in [3.8, 4) is 0 Å². The summed E-state index contributed by atoms with van der Waals surface area (Å²) in [7, 11) is 1.63. The van der Waals surface area contributed by atoms with Gasteiger partial charge in [0, 0.05) is 36.8 Å². The lowest BCUT2D eigenvalue weighted by atomic mass is 9.81. The summed E-state index contributed by atoms with van der Waals surface area (Å²) in [5.74, 6) is -2.21. The summed E-state index contributed by atoms with van der Waals surface area (Å²) in [5, 5.41) is 0.348. The van der Waals surface area contributed by atoms with Crippen molar-refractivity contribution in [2.45, 2.75) is 36.0 Å². The van der Waals surface area contributed by atoms with E-state index in [1.807, 2.05) is 6.07 Å². The lowest BCUT2D eigenvalue weighted by Crippen LogP contribution is -2.35. The summed E-state index contributed by atoms with van der Waals surface area (Å²) in [6.45, 7) is 0. The number of halogens is 1. The molecule has 0 amide bonds. The van der Waals surface area contributed by atoms with Crippen molar-refractivity contribution in [1.29, 1.82) is 0 Å². The Hall–Kier alpha value is -1.17. The second-order valence-corrected chi connectivity index (χ2v) is 7.05. The van der Waals surface area contributed by atoms with Crippen molar-refractivity contribution in [1.82, 2.24) is 0 Å². The quantitative estimate of drug-likeness (QED) is 0.626. The average Bonchev–Trinajstić information content (AvgIpc) is 2.91. The first-order valence-electron chi connectivity index (χ1n) is 7.13. The van der Waals surface area contributed by atoms with E-state index in [1.54, 1.807) is 24.9 Å². The van der Waals surface area contributed by atoms with E-state index in [4.69, 9.17) is 16.3 Å². The molecule has 0 radical (unpaired) electrons. The molecule has 1 fully saturated rings. The minimum Gasteiger partial charge on any atom is -0.370 e. The van der Waals surface area contributed by atoms with E-state index in [1.165, 1.54) is 0 Å². The Morgan fingerprint density at radius 1 is 1.27 bits per heavy atom. The number of carbonyl (C=O) groups excluding carboxylic acids is 3. The van der Waals surface area contributed by atoms with Crippen molar-refractivity contribution >= 4 is 40.7 Å². The number of benzene rings is 1. The minimum absolute atomic E-state index is 0.0178. The fourth-order valence-electron chi connectivity index (χ4n) is 2.93. The smallest absolute Gasteiger partial charge is 0.182 e. The van der Waals surface area contributed by atoms with E-state index in [-0.39, 0.29) is 35.4 Å². The van der Waals surface area contributed by atoms with Crippen LogP contribution < -0.4 is 0 Å². The molecule has 1 aliphatic heterocycles. The number of Topliss-reactive ketones (excluding diaryl/α,β-unsaturated/α-hetero) is 3. The molecule has 0 N–H and O–H groups in total. The molecule has 6 heteroatoms. The van der Waals surface area contributed by atoms with E-state index in [0.717, 1.165) is 10.5 Å². The van der Waals surface area contributed by atoms with Gasteiger partial charge in [-0.2, -0.15) is 0 Å². The summed E-state index contributed by atoms with van der Waals surface area (Å²) in [6.07, 6.45) is 1.72. The Morgan fingerprint density at radius 2 is 1.95 bits per heavy atom. The van der Waals surface area contributed by atoms with Gasteiger partial charge in [-0.25, -0.2) is 0 Å². The summed E-state index contributed by atoms with van der Waals surface area (Å²) in [4.78, 5) is 37.5. The Kier molecular flexibility index (Phi) is 4.39. The number of thioether (sulfide) groups is 1.